The van der Waals surface area contributed by atoms with Gasteiger partial charge in [0.15, 0.2) is 0 Å². The summed E-state index contributed by atoms with van der Waals surface area (Å²) < 4.78 is 27.7. The molecule has 0 aliphatic carbocycles. The number of hydrogen-bond donors (Lipinski definition) is 2. The van der Waals surface area contributed by atoms with Gasteiger partial charge in [-0.05, 0) is 29.8 Å². The van der Waals surface area contributed by atoms with Gasteiger partial charge in [-0.1, -0.05) is 13.0 Å². The van der Waals surface area contributed by atoms with Gasteiger partial charge in [0, 0.05) is 37.0 Å². The lowest BCUT2D eigenvalue weighted by atomic mass is 10.0. The molecular formula is C17H20N4O3S. The number of hydrogen-bond acceptors (Lipinski definition) is 5. The molecule has 2 heterocycles. The summed E-state index contributed by atoms with van der Waals surface area (Å²) in [4.78, 5) is 17.6. The summed E-state index contributed by atoms with van der Waals surface area (Å²) >= 11 is 0. The number of benzene rings is 1. The van der Waals surface area contributed by atoms with E-state index in [1.807, 2.05) is 6.92 Å². The molecule has 3 rings (SSSR count). The van der Waals surface area contributed by atoms with Crippen LogP contribution in [0.1, 0.15) is 31.0 Å². The normalized spacial score (nSPS) is 16.7. The van der Waals surface area contributed by atoms with Crippen molar-refractivity contribution < 1.29 is 13.2 Å². The van der Waals surface area contributed by atoms with Crippen molar-refractivity contribution in [3.63, 3.8) is 0 Å². The van der Waals surface area contributed by atoms with Crippen LogP contribution in [0.5, 0.6) is 0 Å². The number of nitrogens with zero attached hydrogens (tertiary/aromatic N) is 2. The molecule has 0 radical (unpaired) electrons. The molecule has 0 spiro atoms. The van der Waals surface area contributed by atoms with Crippen molar-refractivity contribution >= 4 is 27.3 Å². The van der Waals surface area contributed by atoms with Crippen molar-refractivity contribution in [1.29, 1.82) is 0 Å². The quantitative estimate of drug-likeness (QED) is 0.862. The van der Waals surface area contributed by atoms with E-state index in [4.69, 9.17) is 5.73 Å². The van der Waals surface area contributed by atoms with Gasteiger partial charge in [-0.3, -0.25) is 9.78 Å². The first-order valence-corrected chi connectivity index (χ1v) is 9.38. The molecule has 8 heteroatoms. The number of sulfonamides is 1. The fraction of sp³-hybridized carbons (Fsp3) is 0.294. The average Bonchev–Trinajstić information content (AvgIpc) is 2.90. The molecule has 1 atom stereocenters. The summed E-state index contributed by atoms with van der Waals surface area (Å²) in [6, 6.07) is 8.14. The number of carbonyl (C=O) groups is 1. The highest BCUT2D eigenvalue weighted by Crippen LogP contribution is 2.37. The van der Waals surface area contributed by atoms with Crippen molar-refractivity contribution in [1.82, 2.24) is 9.71 Å². The predicted molar refractivity (Wildman–Crippen MR) is 95.6 cm³/mol. The second-order valence-electron chi connectivity index (χ2n) is 6.16. The Kier molecular flexibility index (Phi) is 4.49. The van der Waals surface area contributed by atoms with Crippen LogP contribution in [0.2, 0.25) is 0 Å². The van der Waals surface area contributed by atoms with Gasteiger partial charge in [0.25, 0.3) is 0 Å². The summed E-state index contributed by atoms with van der Waals surface area (Å²) in [6.45, 7) is 4.10. The third kappa shape index (κ3) is 3.49. The van der Waals surface area contributed by atoms with Gasteiger partial charge in [-0.25, -0.2) is 13.1 Å². The van der Waals surface area contributed by atoms with Crippen LogP contribution in [0.3, 0.4) is 0 Å². The Balaban J connectivity index is 1.86. The van der Waals surface area contributed by atoms with E-state index < -0.39 is 10.0 Å². The maximum absolute atomic E-state index is 12.6. The Morgan fingerprint density at radius 3 is 2.80 bits per heavy atom. The standard InChI is InChI=1S/C17H20N4O3S/c1-11-10-21(12(2)22)17-8-15(3-4-16(11)17)25(23,24)20-9-14-7-13(18)5-6-19-14/h3-8,11,20H,9-10H2,1-2H3,(H2,18,19). The fourth-order valence-electron chi connectivity index (χ4n) is 2.96. The first-order chi connectivity index (χ1) is 11.8. The zero-order valence-electron chi connectivity index (χ0n) is 14.1. The minimum atomic E-state index is -3.73. The van der Waals surface area contributed by atoms with Crippen LogP contribution in [0, 0.1) is 0 Å². The molecule has 1 unspecified atom stereocenters. The van der Waals surface area contributed by atoms with Crippen molar-refractivity contribution in [3.8, 4) is 0 Å². The molecule has 1 aromatic carbocycles. The number of amides is 1. The first kappa shape index (κ1) is 17.4. The van der Waals surface area contributed by atoms with E-state index in [1.165, 1.54) is 13.1 Å². The van der Waals surface area contributed by atoms with Crippen molar-refractivity contribution in [2.45, 2.75) is 31.2 Å². The van der Waals surface area contributed by atoms with E-state index in [-0.39, 0.29) is 23.3 Å². The van der Waals surface area contributed by atoms with Gasteiger partial charge in [-0.2, -0.15) is 0 Å². The molecule has 1 aliphatic rings. The van der Waals surface area contributed by atoms with Crippen LogP contribution in [0.25, 0.3) is 0 Å². The average molecular weight is 360 g/mol. The summed E-state index contributed by atoms with van der Waals surface area (Å²) in [7, 11) is -3.73. The molecule has 132 valence electrons. The minimum Gasteiger partial charge on any atom is -0.399 e. The molecule has 0 saturated carbocycles. The highest BCUT2D eigenvalue weighted by molar-refractivity contribution is 7.89. The van der Waals surface area contributed by atoms with Crippen molar-refractivity contribution in [2.24, 2.45) is 0 Å². The Bertz CT molecular complexity index is 927. The van der Waals surface area contributed by atoms with Crippen LogP contribution in [0.4, 0.5) is 11.4 Å². The largest absolute Gasteiger partial charge is 0.399 e. The number of fused-ring (bicyclic) bond motifs is 1. The summed E-state index contributed by atoms with van der Waals surface area (Å²) in [5, 5.41) is 0. The van der Waals surface area contributed by atoms with Crippen LogP contribution < -0.4 is 15.4 Å². The summed E-state index contributed by atoms with van der Waals surface area (Å²) in [5.74, 6) is 0.0807. The van der Waals surface area contributed by atoms with Crippen molar-refractivity contribution in [2.75, 3.05) is 17.2 Å². The van der Waals surface area contributed by atoms with Gasteiger partial charge in [0.1, 0.15) is 0 Å². The lowest BCUT2D eigenvalue weighted by Crippen LogP contribution is -2.27. The van der Waals surface area contributed by atoms with Gasteiger partial charge in [-0.15, -0.1) is 0 Å². The SMILES string of the molecule is CC(=O)N1CC(C)c2ccc(S(=O)(=O)NCc3cc(N)ccn3)cc21. The molecule has 0 fully saturated rings. The lowest BCUT2D eigenvalue weighted by Gasteiger charge is -2.16. The van der Waals surface area contributed by atoms with E-state index in [0.717, 1.165) is 5.56 Å². The number of anilines is 2. The van der Waals surface area contributed by atoms with Gasteiger partial charge >= 0.3 is 0 Å². The molecule has 0 bridgehead atoms. The number of nitrogens with two attached hydrogens (primary N) is 1. The topological polar surface area (TPSA) is 105 Å². The van der Waals surface area contributed by atoms with Gasteiger partial charge in [0.05, 0.1) is 17.1 Å². The minimum absolute atomic E-state index is 0.0390. The van der Waals surface area contributed by atoms with Gasteiger partial charge < -0.3 is 10.6 Å². The lowest BCUT2D eigenvalue weighted by molar-refractivity contribution is -0.116. The molecule has 25 heavy (non-hydrogen) atoms. The molecule has 1 aromatic heterocycles. The molecule has 2 aromatic rings. The number of nitrogens with one attached hydrogen (secondary N) is 1. The Morgan fingerprint density at radius 2 is 2.12 bits per heavy atom. The second kappa shape index (κ2) is 6.45. The van der Waals surface area contributed by atoms with Gasteiger partial charge in [0.2, 0.25) is 15.9 Å². The molecule has 7 nitrogen and oxygen atoms in total. The van der Waals surface area contributed by atoms with Crippen LogP contribution in [-0.2, 0) is 21.4 Å². The van der Waals surface area contributed by atoms with E-state index in [0.29, 0.717) is 23.6 Å². The smallest absolute Gasteiger partial charge is 0.240 e. The summed E-state index contributed by atoms with van der Waals surface area (Å²) in [5.41, 5.74) is 8.36. The van der Waals surface area contributed by atoms with Crippen molar-refractivity contribution in [3.05, 3.63) is 47.8 Å². The van der Waals surface area contributed by atoms with E-state index in [2.05, 4.69) is 9.71 Å². The Morgan fingerprint density at radius 1 is 1.36 bits per heavy atom. The third-order valence-corrected chi connectivity index (χ3v) is 5.65. The van der Waals surface area contributed by atoms with E-state index in [1.54, 1.807) is 35.2 Å². The first-order valence-electron chi connectivity index (χ1n) is 7.90. The van der Waals surface area contributed by atoms with Crippen LogP contribution in [0.15, 0.2) is 41.4 Å². The maximum atomic E-state index is 12.6. The summed E-state index contributed by atoms with van der Waals surface area (Å²) in [6.07, 6.45) is 1.53. The number of nitrogen functional groups attached to an aromatic ring is 1. The van der Waals surface area contributed by atoms with Crippen LogP contribution >= 0.6 is 0 Å². The molecule has 3 N–H and O–H groups in total. The van der Waals surface area contributed by atoms with E-state index >= 15 is 0 Å². The van der Waals surface area contributed by atoms with E-state index in [9.17, 15) is 13.2 Å². The number of rotatable bonds is 4. The molecule has 1 amide bonds. The predicted octanol–water partition coefficient (Wildman–Crippen LogP) is 1.61. The maximum Gasteiger partial charge on any atom is 0.240 e. The third-order valence-electron chi connectivity index (χ3n) is 4.25. The number of pyridine rings is 1. The molecule has 1 aliphatic heterocycles. The van der Waals surface area contributed by atoms with Crippen LogP contribution in [-0.4, -0.2) is 25.9 Å². The Hall–Kier alpha value is -2.45. The highest BCUT2D eigenvalue weighted by atomic mass is 32.2. The number of aromatic nitrogens is 1. The molecule has 0 saturated heterocycles. The molecular weight excluding hydrogens is 340 g/mol. The Labute approximate surface area is 146 Å². The zero-order valence-corrected chi connectivity index (χ0v) is 14.9. The zero-order chi connectivity index (χ0) is 18.2. The second-order valence-corrected chi connectivity index (χ2v) is 7.92. The fourth-order valence-corrected chi connectivity index (χ4v) is 3.97. The number of carbonyl (C=O) groups excluding carboxylic acids is 1. The monoisotopic (exact) mass is 360 g/mol. The highest BCUT2D eigenvalue weighted by Gasteiger charge is 2.29.